The van der Waals surface area contributed by atoms with Gasteiger partial charge >= 0.3 is 0 Å². The zero-order valence-electron chi connectivity index (χ0n) is 12.4. The van der Waals surface area contributed by atoms with Crippen molar-refractivity contribution in [1.29, 1.82) is 0 Å². The molecule has 1 aliphatic carbocycles. The van der Waals surface area contributed by atoms with Gasteiger partial charge in [0.1, 0.15) is 11.6 Å². The molecular weight excluding hydrogens is 265 g/mol. The van der Waals surface area contributed by atoms with Crippen LogP contribution in [0.3, 0.4) is 0 Å². The lowest BCUT2D eigenvalue weighted by Gasteiger charge is -2.21. The number of ether oxygens (including phenoxy) is 1. The van der Waals surface area contributed by atoms with E-state index in [0.29, 0.717) is 6.04 Å². The van der Waals surface area contributed by atoms with E-state index in [0.717, 1.165) is 24.2 Å². The quantitative estimate of drug-likeness (QED) is 0.910. The molecule has 0 heterocycles. The molecule has 110 valence electrons. The van der Waals surface area contributed by atoms with Gasteiger partial charge in [0.15, 0.2) is 0 Å². The lowest BCUT2D eigenvalue weighted by molar-refractivity contribution is 0.411. The predicted molar refractivity (Wildman–Crippen MR) is 82.0 cm³/mol. The van der Waals surface area contributed by atoms with Gasteiger partial charge in [-0.2, -0.15) is 0 Å². The van der Waals surface area contributed by atoms with Gasteiger partial charge in [0.05, 0.1) is 7.11 Å². The SMILES string of the molecule is COc1cccc([C@@H](C)NC2CCc3cc(F)ccc32)c1. The molecule has 0 spiro atoms. The molecule has 0 aromatic heterocycles. The maximum absolute atomic E-state index is 13.3. The molecule has 3 rings (SSSR count). The summed E-state index contributed by atoms with van der Waals surface area (Å²) < 4.78 is 18.5. The van der Waals surface area contributed by atoms with Crippen LogP contribution in [0.5, 0.6) is 5.75 Å². The van der Waals surface area contributed by atoms with Gasteiger partial charge in [-0.3, -0.25) is 0 Å². The van der Waals surface area contributed by atoms with Gasteiger partial charge in [-0.05, 0) is 60.7 Å². The fraction of sp³-hybridized carbons (Fsp3) is 0.333. The zero-order chi connectivity index (χ0) is 14.8. The molecule has 0 saturated carbocycles. The minimum atomic E-state index is -0.143. The van der Waals surface area contributed by atoms with E-state index in [4.69, 9.17) is 4.74 Å². The fourth-order valence-corrected chi connectivity index (χ4v) is 3.07. The third-order valence-corrected chi connectivity index (χ3v) is 4.23. The highest BCUT2D eigenvalue weighted by Gasteiger charge is 2.24. The molecule has 3 heteroatoms. The molecule has 0 bridgehead atoms. The topological polar surface area (TPSA) is 21.3 Å². The zero-order valence-corrected chi connectivity index (χ0v) is 12.4. The lowest BCUT2D eigenvalue weighted by Crippen LogP contribution is -2.23. The van der Waals surface area contributed by atoms with E-state index in [1.54, 1.807) is 19.2 Å². The van der Waals surface area contributed by atoms with Gasteiger partial charge in [0.2, 0.25) is 0 Å². The molecule has 2 nitrogen and oxygen atoms in total. The first-order valence-corrected chi connectivity index (χ1v) is 7.35. The second kappa shape index (κ2) is 5.86. The summed E-state index contributed by atoms with van der Waals surface area (Å²) >= 11 is 0. The van der Waals surface area contributed by atoms with Crippen LogP contribution in [0.2, 0.25) is 0 Å². The van der Waals surface area contributed by atoms with Crippen molar-refractivity contribution in [3.8, 4) is 5.75 Å². The molecule has 0 amide bonds. The molecular formula is C18H20FNO. The highest BCUT2D eigenvalue weighted by Crippen LogP contribution is 2.33. The van der Waals surface area contributed by atoms with E-state index in [-0.39, 0.29) is 11.9 Å². The van der Waals surface area contributed by atoms with Crippen molar-refractivity contribution in [1.82, 2.24) is 5.32 Å². The second-order valence-electron chi connectivity index (χ2n) is 5.60. The third-order valence-electron chi connectivity index (χ3n) is 4.23. The Morgan fingerprint density at radius 2 is 2.10 bits per heavy atom. The minimum Gasteiger partial charge on any atom is -0.497 e. The first-order valence-electron chi connectivity index (χ1n) is 7.35. The number of fused-ring (bicyclic) bond motifs is 1. The summed E-state index contributed by atoms with van der Waals surface area (Å²) in [6, 6.07) is 13.7. The second-order valence-corrected chi connectivity index (χ2v) is 5.60. The Labute approximate surface area is 125 Å². The summed E-state index contributed by atoms with van der Waals surface area (Å²) in [5, 5.41) is 3.64. The van der Waals surface area contributed by atoms with Gasteiger partial charge in [-0.15, -0.1) is 0 Å². The molecule has 0 saturated heterocycles. The average Bonchev–Trinajstić information content (AvgIpc) is 2.89. The van der Waals surface area contributed by atoms with E-state index in [9.17, 15) is 4.39 Å². The smallest absolute Gasteiger partial charge is 0.123 e. The van der Waals surface area contributed by atoms with Crippen LogP contribution in [0.4, 0.5) is 4.39 Å². The number of rotatable bonds is 4. The summed E-state index contributed by atoms with van der Waals surface area (Å²) in [5.74, 6) is 0.727. The van der Waals surface area contributed by atoms with Gasteiger partial charge < -0.3 is 10.1 Å². The van der Waals surface area contributed by atoms with Crippen LogP contribution in [0, 0.1) is 5.82 Å². The molecule has 1 unspecified atom stereocenters. The van der Waals surface area contributed by atoms with Crippen molar-refractivity contribution in [2.24, 2.45) is 0 Å². The Balaban J connectivity index is 1.76. The fourth-order valence-electron chi connectivity index (χ4n) is 3.07. The Kier molecular flexibility index (Phi) is 3.93. The Morgan fingerprint density at radius 1 is 1.24 bits per heavy atom. The summed E-state index contributed by atoms with van der Waals surface area (Å²) in [5.41, 5.74) is 3.56. The number of benzene rings is 2. The van der Waals surface area contributed by atoms with Crippen LogP contribution in [0.1, 0.15) is 42.1 Å². The molecule has 0 radical (unpaired) electrons. The number of hydrogen-bond donors (Lipinski definition) is 1. The largest absolute Gasteiger partial charge is 0.497 e. The lowest BCUT2D eigenvalue weighted by atomic mass is 10.0. The number of aryl methyl sites for hydroxylation is 1. The minimum absolute atomic E-state index is 0.143. The summed E-state index contributed by atoms with van der Waals surface area (Å²) in [7, 11) is 1.68. The van der Waals surface area contributed by atoms with Gasteiger partial charge in [0.25, 0.3) is 0 Å². The van der Waals surface area contributed by atoms with E-state index in [1.807, 2.05) is 18.2 Å². The Morgan fingerprint density at radius 3 is 2.90 bits per heavy atom. The molecule has 1 N–H and O–H groups in total. The standard InChI is InChI=1S/C18H20FNO/c1-12(13-4-3-5-16(11-13)21-2)20-18-9-6-14-10-15(19)7-8-17(14)18/h3-5,7-8,10-12,18,20H,6,9H2,1-2H3/t12-,18?/m1/s1. The van der Waals surface area contributed by atoms with Crippen LogP contribution >= 0.6 is 0 Å². The Hall–Kier alpha value is -1.87. The molecule has 2 atom stereocenters. The predicted octanol–water partition coefficient (Wildman–Crippen LogP) is 4.17. The van der Waals surface area contributed by atoms with Gasteiger partial charge in [-0.25, -0.2) is 4.39 Å². The molecule has 2 aromatic carbocycles. The van der Waals surface area contributed by atoms with Crippen LogP contribution < -0.4 is 10.1 Å². The molecule has 1 aliphatic rings. The van der Waals surface area contributed by atoms with Crippen LogP contribution in [-0.2, 0) is 6.42 Å². The van der Waals surface area contributed by atoms with E-state index < -0.39 is 0 Å². The van der Waals surface area contributed by atoms with E-state index in [2.05, 4.69) is 24.4 Å². The first-order chi connectivity index (χ1) is 10.2. The van der Waals surface area contributed by atoms with Crippen LogP contribution in [-0.4, -0.2) is 7.11 Å². The molecule has 0 fully saturated rings. The maximum atomic E-state index is 13.3. The third kappa shape index (κ3) is 2.93. The van der Waals surface area contributed by atoms with Crippen LogP contribution in [0.25, 0.3) is 0 Å². The summed E-state index contributed by atoms with van der Waals surface area (Å²) in [6.45, 7) is 2.15. The van der Waals surface area contributed by atoms with Crippen molar-refractivity contribution in [3.05, 3.63) is 65.0 Å². The van der Waals surface area contributed by atoms with Gasteiger partial charge in [-0.1, -0.05) is 18.2 Å². The van der Waals surface area contributed by atoms with E-state index in [1.165, 1.54) is 11.1 Å². The maximum Gasteiger partial charge on any atom is 0.123 e. The number of halogens is 1. The highest BCUT2D eigenvalue weighted by molar-refractivity contribution is 5.36. The number of methoxy groups -OCH3 is 1. The van der Waals surface area contributed by atoms with Crippen LogP contribution in [0.15, 0.2) is 42.5 Å². The number of nitrogens with one attached hydrogen (secondary N) is 1. The average molecular weight is 285 g/mol. The molecule has 2 aromatic rings. The Bertz CT molecular complexity index is 641. The summed E-state index contributed by atoms with van der Waals surface area (Å²) in [6.07, 6.45) is 1.96. The van der Waals surface area contributed by atoms with Crippen molar-refractivity contribution in [3.63, 3.8) is 0 Å². The highest BCUT2D eigenvalue weighted by atomic mass is 19.1. The van der Waals surface area contributed by atoms with Crippen molar-refractivity contribution in [2.75, 3.05) is 7.11 Å². The monoisotopic (exact) mass is 285 g/mol. The van der Waals surface area contributed by atoms with E-state index >= 15 is 0 Å². The first kappa shape index (κ1) is 14.1. The van der Waals surface area contributed by atoms with Crippen molar-refractivity contribution < 1.29 is 9.13 Å². The summed E-state index contributed by atoms with van der Waals surface area (Å²) in [4.78, 5) is 0. The number of hydrogen-bond acceptors (Lipinski definition) is 2. The normalized spacial score (nSPS) is 18.3. The molecule has 0 aliphatic heterocycles. The van der Waals surface area contributed by atoms with Crippen molar-refractivity contribution in [2.45, 2.75) is 31.8 Å². The van der Waals surface area contributed by atoms with Gasteiger partial charge in [0, 0.05) is 12.1 Å². The van der Waals surface area contributed by atoms with Crippen molar-refractivity contribution >= 4 is 0 Å². The molecule has 21 heavy (non-hydrogen) atoms.